The van der Waals surface area contributed by atoms with Crippen molar-refractivity contribution in [2.75, 3.05) is 31.5 Å². The summed E-state index contributed by atoms with van der Waals surface area (Å²) in [6, 6.07) is 23.5. The van der Waals surface area contributed by atoms with Crippen LogP contribution in [0.2, 0.25) is 0 Å². The van der Waals surface area contributed by atoms with Gasteiger partial charge in [0.1, 0.15) is 5.82 Å². The molecule has 2 amide bonds. The maximum Gasteiger partial charge on any atom is 0.241 e. The number of carbonyl (C=O) groups is 2. The minimum absolute atomic E-state index is 0.0233. The lowest BCUT2D eigenvalue weighted by molar-refractivity contribution is -0.133. The molecular formula is C27H28FN3O2. The molecule has 0 spiro atoms. The Morgan fingerprint density at radius 1 is 0.879 bits per heavy atom. The van der Waals surface area contributed by atoms with Crippen LogP contribution in [-0.4, -0.2) is 53.8 Å². The Labute approximate surface area is 193 Å². The van der Waals surface area contributed by atoms with E-state index in [0.717, 1.165) is 22.4 Å². The number of anilines is 1. The fourth-order valence-electron chi connectivity index (χ4n) is 4.11. The molecule has 0 aliphatic carbocycles. The zero-order valence-corrected chi connectivity index (χ0v) is 18.7. The van der Waals surface area contributed by atoms with Crippen molar-refractivity contribution < 1.29 is 14.0 Å². The maximum absolute atomic E-state index is 13.1. The molecule has 5 nitrogen and oxygen atoms in total. The van der Waals surface area contributed by atoms with Crippen molar-refractivity contribution in [1.82, 2.24) is 9.80 Å². The SMILES string of the molecule is CC(C(=O)Nc1ccccc1-c1ccccc1)N1CCN(C(=O)Cc2ccc(F)cc2)CC1. The van der Waals surface area contributed by atoms with Crippen molar-refractivity contribution in [3.8, 4) is 11.1 Å². The molecule has 1 atom stereocenters. The van der Waals surface area contributed by atoms with Crippen LogP contribution in [-0.2, 0) is 16.0 Å². The molecule has 0 saturated carbocycles. The highest BCUT2D eigenvalue weighted by Gasteiger charge is 2.27. The number of amides is 2. The molecule has 1 fully saturated rings. The van der Waals surface area contributed by atoms with E-state index in [-0.39, 0.29) is 30.1 Å². The molecule has 1 heterocycles. The maximum atomic E-state index is 13.1. The number of halogens is 1. The number of para-hydroxylation sites is 1. The first-order valence-corrected chi connectivity index (χ1v) is 11.2. The molecule has 1 aliphatic heterocycles. The molecule has 170 valence electrons. The second kappa shape index (κ2) is 10.4. The molecule has 1 unspecified atom stereocenters. The van der Waals surface area contributed by atoms with Crippen molar-refractivity contribution in [1.29, 1.82) is 0 Å². The summed E-state index contributed by atoms with van der Waals surface area (Å²) in [6.45, 7) is 4.29. The van der Waals surface area contributed by atoms with Gasteiger partial charge in [-0.3, -0.25) is 14.5 Å². The predicted octanol–water partition coefficient (Wildman–Crippen LogP) is 4.21. The minimum atomic E-state index is -0.316. The van der Waals surface area contributed by atoms with E-state index in [4.69, 9.17) is 0 Å². The van der Waals surface area contributed by atoms with E-state index >= 15 is 0 Å². The number of nitrogens with zero attached hydrogens (tertiary/aromatic N) is 2. The lowest BCUT2D eigenvalue weighted by Crippen LogP contribution is -2.54. The summed E-state index contributed by atoms with van der Waals surface area (Å²) in [6.07, 6.45) is 0.257. The number of piperazine rings is 1. The van der Waals surface area contributed by atoms with Gasteiger partial charge in [0.05, 0.1) is 12.5 Å². The molecule has 3 aromatic rings. The topological polar surface area (TPSA) is 52.7 Å². The Kier molecular flexibility index (Phi) is 7.15. The Morgan fingerprint density at radius 2 is 1.52 bits per heavy atom. The van der Waals surface area contributed by atoms with Crippen LogP contribution in [0.1, 0.15) is 12.5 Å². The summed E-state index contributed by atoms with van der Waals surface area (Å²) in [7, 11) is 0. The van der Waals surface area contributed by atoms with Gasteiger partial charge >= 0.3 is 0 Å². The van der Waals surface area contributed by atoms with Crippen LogP contribution in [0.25, 0.3) is 11.1 Å². The molecule has 0 aromatic heterocycles. The Morgan fingerprint density at radius 3 is 2.21 bits per heavy atom. The van der Waals surface area contributed by atoms with Crippen LogP contribution < -0.4 is 5.32 Å². The van der Waals surface area contributed by atoms with Crippen molar-refractivity contribution in [2.45, 2.75) is 19.4 Å². The van der Waals surface area contributed by atoms with Crippen LogP contribution in [0.15, 0.2) is 78.9 Å². The van der Waals surface area contributed by atoms with Gasteiger partial charge in [0.2, 0.25) is 11.8 Å². The van der Waals surface area contributed by atoms with Crippen LogP contribution in [0.4, 0.5) is 10.1 Å². The van der Waals surface area contributed by atoms with E-state index in [9.17, 15) is 14.0 Å². The molecule has 6 heteroatoms. The van der Waals surface area contributed by atoms with Gasteiger partial charge in [0.25, 0.3) is 0 Å². The third-order valence-corrected chi connectivity index (χ3v) is 6.13. The van der Waals surface area contributed by atoms with E-state index in [1.54, 1.807) is 12.1 Å². The zero-order chi connectivity index (χ0) is 23.2. The summed E-state index contributed by atoms with van der Waals surface area (Å²) in [4.78, 5) is 29.5. The highest BCUT2D eigenvalue weighted by Crippen LogP contribution is 2.27. The quantitative estimate of drug-likeness (QED) is 0.619. The number of hydrogen-bond acceptors (Lipinski definition) is 3. The summed E-state index contributed by atoms with van der Waals surface area (Å²) >= 11 is 0. The molecule has 1 N–H and O–H groups in total. The first kappa shape index (κ1) is 22.7. The largest absolute Gasteiger partial charge is 0.340 e. The molecule has 0 bridgehead atoms. The summed E-state index contributed by atoms with van der Waals surface area (Å²) < 4.78 is 13.1. The summed E-state index contributed by atoms with van der Waals surface area (Å²) in [5, 5.41) is 3.09. The molecular weight excluding hydrogens is 417 g/mol. The monoisotopic (exact) mass is 445 g/mol. The standard InChI is InChI=1S/C27H28FN3O2/c1-20(27(33)29-25-10-6-5-9-24(25)22-7-3-2-4-8-22)30-15-17-31(18-16-30)26(32)19-21-11-13-23(28)14-12-21/h2-14,20H,15-19H2,1H3,(H,29,33). The number of benzene rings is 3. The fourth-order valence-corrected chi connectivity index (χ4v) is 4.11. The predicted molar refractivity (Wildman–Crippen MR) is 128 cm³/mol. The van der Waals surface area contributed by atoms with Gasteiger partial charge in [0.15, 0.2) is 0 Å². The van der Waals surface area contributed by atoms with E-state index < -0.39 is 0 Å². The van der Waals surface area contributed by atoms with Crippen LogP contribution in [0, 0.1) is 5.82 Å². The van der Waals surface area contributed by atoms with Crippen LogP contribution in [0.3, 0.4) is 0 Å². The van der Waals surface area contributed by atoms with E-state index in [2.05, 4.69) is 10.2 Å². The van der Waals surface area contributed by atoms with Gasteiger partial charge in [-0.15, -0.1) is 0 Å². The number of rotatable bonds is 6. The lowest BCUT2D eigenvalue weighted by atomic mass is 10.0. The van der Waals surface area contributed by atoms with Crippen LogP contribution >= 0.6 is 0 Å². The smallest absolute Gasteiger partial charge is 0.241 e. The average molecular weight is 446 g/mol. The Hall–Kier alpha value is -3.51. The second-order valence-electron chi connectivity index (χ2n) is 8.30. The van der Waals surface area contributed by atoms with E-state index in [1.807, 2.05) is 66.4 Å². The van der Waals surface area contributed by atoms with Gasteiger partial charge in [-0.25, -0.2) is 4.39 Å². The summed E-state index contributed by atoms with van der Waals surface area (Å²) in [5.74, 6) is -0.349. The average Bonchev–Trinajstić information content (AvgIpc) is 2.86. The van der Waals surface area contributed by atoms with Gasteiger partial charge in [-0.05, 0) is 36.2 Å². The second-order valence-corrected chi connectivity index (χ2v) is 8.30. The first-order chi connectivity index (χ1) is 16.0. The third-order valence-electron chi connectivity index (χ3n) is 6.13. The minimum Gasteiger partial charge on any atom is -0.340 e. The summed E-state index contributed by atoms with van der Waals surface area (Å²) in [5.41, 5.74) is 3.62. The number of nitrogens with one attached hydrogen (secondary N) is 1. The number of carbonyl (C=O) groups excluding carboxylic acids is 2. The Bertz CT molecular complexity index is 1090. The third kappa shape index (κ3) is 5.65. The lowest BCUT2D eigenvalue weighted by Gasteiger charge is -2.37. The normalized spacial score (nSPS) is 15.2. The molecule has 4 rings (SSSR count). The zero-order valence-electron chi connectivity index (χ0n) is 18.7. The van der Waals surface area contributed by atoms with Crippen molar-refractivity contribution in [2.24, 2.45) is 0 Å². The molecule has 33 heavy (non-hydrogen) atoms. The van der Waals surface area contributed by atoms with Gasteiger partial charge in [0, 0.05) is 37.4 Å². The van der Waals surface area contributed by atoms with Crippen molar-refractivity contribution in [3.05, 3.63) is 90.2 Å². The van der Waals surface area contributed by atoms with Crippen LogP contribution in [0.5, 0.6) is 0 Å². The van der Waals surface area contributed by atoms with Gasteiger partial charge < -0.3 is 10.2 Å². The Balaban J connectivity index is 1.33. The van der Waals surface area contributed by atoms with Crippen molar-refractivity contribution in [3.63, 3.8) is 0 Å². The first-order valence-electron chi connectivity index (χ1n) is 11.2. The van der Waals surface area contributed by atoms with Gasteiger partial charge in [-0.1, -0.05) is 60.7 Å². The highest BCUT2D eigenvalue weighted by atomic mass is 19.1. The number of hydrogen-bond donors (Lipinski definition) is 1. The highest BCUT2D eigenvalue weighted by molar-refractivity contribution is 5.98. The molecule has 1 saturated heterocycles. The van der Waals surface area contributed by atoms with E-state index in [1.165, 1.54) is 12.1 Å². The fraction of sp³-hybridized carbons (Fsp3) is 0.259. The molecule has 3 aromatic carbocycles. The van der Waals surface area contributed by atoms with Crippen molar-refractivity contribution >= 4 is 17.5 Å². The van der Waals surface area contributed by atoms with E-state index in [0.29, 0.717) is 26.2 Å². The van der Waals surface area contributed by atoms with Gasteiger partial charge in [-0.2, -0.15) is 0 Å². The molecule has 0 radical (unpaired) electrons. The molecule has 1 aliphatic rings.